The van der Waals surface area contributed by atoms with Crippen LogP contribution in [0.1, 0.15) is 49.8 Å². The molecule has 0 bridgehead atoms. The molecule has 7 heteroatoms. The quantitative estimate of drug-likeness (QED) is 0.454. The molecule has 1 fully saturated rings. The molecule has 0 radical (unpaired) electrons. The van der Waals surface area contributed by atoms with Gasteiger partial charge in [0.1, 0.15) is 11.9 Å². The van der Waals surface area contributed by atoms with Gasteiger partial charge in [-0.2, -0.15) is 0 Å². The summed E-state index contributed by atoms with van der Waals surface area (Å²) in [5.74, 6) is -0.0170. The van der Waals surface area contributed by atoms with Gasteiger partial charge >= 0.3 is 0 Å². The van der Waals surface area contributed by atoms with E-state index in [4.69, 9.17) is 34.8 Å². The number of amides is 2. The largest absolute Gasteiger partial charge is 0.351 e. The van der Waals surface area contributed by atoms with Gasteiger partial charge in [0.2, 0.25) is 11.8 Å². The van der Waals surface area contributed by atoms with Gasteiger partial charge in [-0.1, -0.05) is 60.5 Å². The highest BCUT2D eigenvalue weighted by molar-refractivity contribution is 6.31. The third-order valence-corrected chi connectivity index (χ3v) is 6.97. The van der Waals surface area contributed by atoms with Crippen molar-refractivity contribution in [1.29, 1.82) is 0 Å². The molecule has 4 nitrogen and oxygen atoms in total. The van der Waals surface area contributed by atoms with Crippen molar-refractivity contribution in [3.05, 3.63) is 69.7 Å². The third-order valence-electron chi connectivity index (χ3n) is 6.12. The Balaban J connectivity index is 1.86. The highest BCUT2D eigenvalue weighted by atomic mass is 35.5. The summed E-state index contributed by atoms with van der Waals surface area (Å²) in [5, 5.41) is 4.39. The first-order chi connectivity index (χ1) is 15.4. The maximum absolute atomic E-state index is 13.5. The second kappa shape index (κ2) is 11.9. The van der Waals surface area contributed by atoms with Crippen LogP contribution in [0, 0.1) is 5.92 Å². The lowest BCUT2D eigenvalue weighted by atomic mass is 9.87. The van der Waals surface area contributed by atoms with Crippen LogP contribution in [0.25, 0.3) is 0 Å². The van der Waals surface area contributed by atoms with E-state index in [1.165, 1.54) is 0 Å². The van der Waals surface area contributed by atoms with Crippen molar-refractivity contribution in [2.45, 2.75) is 51.1 Å². The Morgan fingerprint density at radius 2 is 1.69 bits per heavy atom. The average molecular weight is 496 g/mol. The molecular formula is C25H29Cl3N2O2. The number of nitrogens with one attached hydrogen (secondary N) is 1. The van der Waals surface area contributed by atoms with E-state index in [1.54, 1.807) is 29.2 Å². The van der Waals surface area contributed by atoms with Crippen LogP contribution in [-0.4, -0.2) is 35.2 Å². The highest BCUT2D eigenvalue weighted by Crippen LogP contribution is 2.28. The van der Waals surface area contributed by atoms with Gasteiger partial charge in [-0.3, -0.25) is 9.59 Å². The molecule has 2 amide bonds. The number of rotatable bonds is 8. The number of carbonyl (C=O) groups excluding carboxylic acids is 2. The zero-order valence-electron chi connectivity index (χ0n) is 18.2. The maximum atomic E-state index is 13.5. The Hall–Kier alpha value is -1.75. The van der Waals surface area contributed by atoms with Gasteiger partial charge in [0.05, 0.1) is 0 Å². The van der Waals surface area contributed by atoms with Crippen molar-refractivity contribution in [3.8, 4) is 0 Å². The molecule has 1 atom stereocenters. The summed E-state index contributed by atoms with van der Waals surface area (Å²) in [6, 6.07) is 13.9. The van der Waals surface area contributed by atoms with Gasteiger partial charge in [0.25, 0.3) is 0 Å². The Labute approximate surface area is 205 Å². The van der Waals surface area contributed by atoms with Gasteiger partial charge in [-0.15, -0.1) is 11.6 Å². The van der Waals surface area contributed by atoms with Crippen LogP contribution < -0.4 is 5.32 Å². The molecule has 0 aromatic heterocycles. The summed E-state index contributed by atoms with van der Waals surface area (Å²) in [7, 11) is 0. The van der Waals surface area contributed by atoms with E-state index in [9.17, 15) is 9.59 Å². The van der Waals surface area contributed by atoms with E-state index in [1.807, 2.05) is 24.3 Å². The summed E-state index contributed by atoms with van der Waals surface area (Å²) in [5.41, 5.74) is 1.62. The van der Waals surface area contributed by atoms with Crippen molar-refractivity contribution < 1.29 is 9.59 Å². The fraction of sp³-hybridized carbons (Fsp3) is 0.440. The summed E-state index contributed by atoms with van der Waals surface area (Å²) in [6.07, 6.45) is 4.59. The molecule has 1 saturated carbocycles. The van der Waals surface area contributed by atoms with E-state index >= 15 is 0 Å². The maximum Gasteiger partial charge on any atom is 0.247 e. The SMILES string of the molecule is CC1CCC(NC(=O)[C@H](c2ccc(Cl)cc2)N(CCc2ccccc2Cl)C(=O)CCl)CC1. The minimum atomic E-state index is -0.791. The number of alkyl halides is 1. The smallest absolute Gasteiger partial charge is 0.247 e. The van der Waals surface area contributed by atoms with Gasteiger partial charge in [-0.05, 0) is 67.3 Å². The number of benzene rings is 2. The summed E-state index contributed by atoms with van der Waals surface area (Å²) in [6.45, 7) is 2.56. The third kappa shape index (κ3) is 6.63. The van der Waals surface area contributed by atoms with Gasteiger partial charge in [-0.25, -0.2) is 0 Å². The molecule has 0 unspecified atom stereocenters. The molecule has 3 rings (SSSR count). The molecule has 1 aliphatic carbocycles. The van der Waals surface area contributed by atoms with Crippen molar-refractivity contribution >= 4 is 46.6 Å². The average Bonchev–Trinajstić information content (AvgIpc) is 2.79. The van der Waals surface area contributed by atoms with Gasteiger partial charge in [0.15, 0.2) is 0 Å². The molecule has 0 heterocycles. The van der Waals surface area contributed by atoms with Gasteiger partial charge < -0.3 is 10.2 Å². The number of hydrogen-bond donors (Lipinski definition) is 1. The standard InChI is InChI=1S/C25H29Cl3N2O2/c1-17-6-12-21(13-7-17)29-25(32)24(19-8-10-20(27)11-9-19)30(23(31)16-26)15-14-18-4-2-3-5-22(18)28/h2-5,8-11,17,21,24H,6-7,12-16H2,1H3,(H,29,32)/t17?,21?,24-/m0/s1. The molecular weight excluding hydrogens is 467 g/mol. The lowest BCUT2D eigenvalue weighted by Crippen LogP contribution is -2.48. The Bertz CT molecular complexity index is 912. The van der Waals surface area contributed by atoms with Crippen molar-refractivity contribution in [1.82, 2.24) is 10.2 Å². The van der Waals surface area contributed by atoms with E-state index < -0.39 is 6.04 Å². The fourth-order valence-corrected chi connectivity index (χ4v) is 4.73. The van der Waals surface area contributed by atoms with Crippen molar-refractivity contribution in [2.75, 3.05) is 12.4 Å². The molecule has 2 aromatic carbocycles. The van der Waals surface area contributed by atoms with Gasteiger partial charge in [0, 0.05) is 22.6 Å². The molecule has 1 aliphatic rings. The van der Waals surface area contributed by atoms with Crippen LogP contribution in [0.3, 0.4) is 0 Å². The van der Waals surface area contributed by atoms with Crippen LogP contribution in [0.4, 0.5) is 0 Å². The lowest BCUT2D eigenvalue weighted by Gasteiger charge is -2.34. The minimum absolute atomic E-state index is 0.116. The summed E-state index contributed by atoms with van der Waals surface area (Å²) in [4.78, 5) is 28.0. The normalized spacial score (nSPS) is 19.2. The molecule has 1 N–H and O–H groups in total. The van der Waals surface area contributed by atoms with E-state index in [0.29, 0.717) is 34.5 Å². The first kappa shape index (κ1) is 24.9. The predicted octanol–water partition coefficient (Wildman–Crippen LogP) is 6.04. The minimum Gasteiger partial charge on any atom is -0.351 e. The number of carbonyl (C=O) groups is 2. The molecule has 2 aromatic rings. The fourth-order valence-electron chi connectivity index (χ4n) is 4.22. The molecule has 0 spiro atoms. The predicted molar refractivity (Wildman–Crippen MR) is 131 cm³/mol. The molecule has 172 valence electrons. The lowest BCUT2D eigenvalue weighted by molar-refractivity contribution is -0.139. The van der Waals surface area contributed by atoms with Crippen LogP contribution in [0.15, 0.2) is 48.5 Å². The summed E-state index contributed by atoms with van der Waals surface area (Å²) >= 11 is 18.4. The van der Waals surface area contributed by atoms with E-state index in [0.717, 1.165) is 31.2 Å². The molecule has 0 saturated heterocycles. The first-order valence-electron chi connectivity index (χ1n) is 11.0. The van der Waals surface area contributed by atoms with Crippen molar-refractivity contribution in [3.63, 3.8) is 0 Å². The molecule has 32 heavy (non-hydrogen) atoms. The number of hydrogen-bond acceptors (Lipinski definition) is 2. The van der Waals surface area contributed by atoms with E-state index in [2.05, 4.69) is 12.2 Å². The highest BCUT2D eigenvalue weighted by Gasteiger charge is 2.32. The first-order valence-corrected chi connectivity index (χ1v) is 12.3. The topological polar surface area (TPSA) is 49.4 Å². The van der Waals surface area contributed by atoms with Crippen LogP contribution >= 0.6 is 34.8 Å². The van der Waals surface area contributed by atoms with Crippen LogP contribution in [0.5, 0.6) is 0 Å². The second-order valence-corrected chi connectivity index (χ2v) is 9.59. The Morgan fingerprint density at radius 1 is 1.03 bits per heavy atom. The number of nitrogens with zero attached hydrogens (tertiary/aromatic N) is 1. The van der Waals surface area contributed by atoms with Crippen molar-refractivity contribution in [2.24, 2.45) is 5.92 Å². The number of halogens is 3. The Kier molecular flexibility index (Phi) is 9.27. The van der Waals surface area contributed by atoms with Crippen LogP contribution in [-0.2, 0) is 16.0 Å². The molecule has 0 aliphatic heterocycles. The summed E-state index contributed by atoms with van der Waals surface area (Å²) < 4.78 is 0. The zero-order valence-corrected chi connectivity index (χ0v) is 20.5. The second-order valence-electron chi connectivity index (χ2n) is 8.48. The Morgan fingerprint density at radius 3 is 2.31 bits per heavy atom. The monoisotopic (exact) mass is 494 g/mol. The van der Waals surface area contributed by atoms with Crippen LogP contribution in [0.2, 0.25) is 10.0 Å². The zero-order chi connectivity index (χ0) is 23.1. The van der Waals surface area contributed by atoms with E-state index in [-0.39, 0.29) is 23.7 Å².